The molecule has 1 N–H and O–H groups in total. The number of rotatable bonds is 6. The van der Waals surface area contributed by atoms with Crippen LogP contribution in [0.3, 0.4) is 0 Å². The van der Waals surface area contributed by atoms with E-state index >= 15 is 0 Å². The lowest BCUT2D eigenvalue weighted by molar-refractivity contribution is -0.127. The predicted molar refractivity (Wildman–Crippen MR) is 124 cm³/mol. The highest BCUT2D eigenvalue weighted by Crippen LogP contribution is 2.33. The van der Waals surface area contributed by atoms with Crippen molar-refractivity contribution < 1.29 is 27.6 Å². The summed E-state index contributed by atoms with van der Waals surface area (Å²) in [4.78, 5) is 39.2. The zero-order valence-electron chi connectivity index (χ0n) is 17.1. The van der Waals surface area contributed by atoms with Gasteiger partial charge < -0.3 is 9.73 Å². The monoisotopic (exact) mass is 486 g/mol. The molecule has 3 amide bonds. The van der Waals surface area contributed by atoms with E-state index < -0.39 is 35.2 Å². The molecule has 1 saturated heterocycles. The van der Waals surface area contributed by atoms with Crippen LogP contribution in [0.15, 0.2) is 68.8 Å². The average molecular weight is 487 g/mol. The summed E-state index contributed by atoms with van der Waals surface area (Å²) in [7, 11) is 0. The molecule has 0 aliphatic carbocycles. The first-order valence-electron chi connectivity index (χ1n) is 9.58. The second kappa shape index (κ2) is 9.63. The Labute approximate surface area is 196 Å². The van der Waals surface area contributed by atoms with Gasteiger partial charge in [-0.05, 0) is 60.5 Å². The van der Waals surface area contributed by atoms with E-state index in [1.807, 2.05) is 12.3 Å². The molecule has 10 heteroatoms. The first-order valence-corrected chi connectivity index (χ1v) is 11.6. The van der Waals surface area contributed by atoms with Crippen LogP contribution >= 0.6 is 23.5 Å². The number of hydrogen-bond acceptors (Lipinski definition) is 6. The van der Waals surface area contributed by atoms with Crippen molar-refractivity contribution in [1.29, 1.82) is 0 Å². The molecule has 1 aliphatic rings. The number of hydrogen-bond donors (Lipinski definition) is 1. The van der Waals surface area contributed by atoms with Crippen molar-refractivity contribution in [1.82, 2.24) is 4.90 Å². The number of carbonyl (C=O) groups is 3. The number of amides is 3. The van der Waals surface area contributed by atoms with E-state index in [1.165, 1.54) is 36.0 Å². The molecular weight excluding hydrogens is 470 g/mol. The average Bonchev–Trinajstić information content (AvgIpc) is 3.34. The van der Waals surface area contributed by atoms with Crippen LogP contribution < -0.4 is 5.32 Å². The number of nitrogens with one attached hydrogen (secondary N) is 1. The number of halogens is 2. The van der Waals surface area contributed by atoms with Crippen molar-refractivity contribution in [2.45, 2.75) is 4.90 Å². The van der Waals surface area contributed by atoms with Crippen molar-refractivity contribution in [2.75, 3.05) is 18.1 Å². The number of nitrogens with zero attached hydrogens (tertiary/aromatic N) is 1. The fourth-order valence-corrected chi connectivity index (χ4v) is 4.35. The van der Waals surface area contributed by atoms with Gasteiger partial charge in [0.25, 0.3) is 11.1 Å². The Morgan fingerprint density at radius 2 is 1.97 bits per heavy atom. The number of anilines is 1. The van der Waals surface area contributed by atoms with Crippen molar-refractivity contribution in [3.8, 4) is 11.3 Å². The Morgan fingerprint density at radius 3 is 2.73 bits per heavy atom. The fraction of sp³-hybridized carbons (Fsp3) is 0.0870. The molecule has 0 unspecified atom stereocenters. The van der Waals surface area contributed by atoms with Crippen molar-refractivity contribution in [3.05, 3.63) is 76.9 Å². The molecule has 0 radical (unpaired) electrons. The largest absolute Gasteiger partial charge is 0.457 e. The Morgan fingerprint density at radius 1 is 1.15 bits per heavy atom. The molecule has 0 spiro atoms. The maximum absolute atomic E-state index is 14.0. The van der Waals surface area contributed by atoms with Gasteiger partial charge in [-0.25, -0.2) is 8.78 Å². The molecule has 4 rings (SSSR count). The lowest BCUT2D eigenvalue weighted by Crippen LogP contribution is -2.36. The van der Waals surface area contributed by atoms with Crippen molar-refractivity contribution in [2.24, 2.45) is 0 Å². The summed E-state index contributed by atoms with van der Waals surface area (Å²) < 4.78 is 32.6. The Balaban J connectivity index is 1.45. The zero-order valence-corrected chi connectivity index (χ0v) is 18.8. The maximum Gasteiger partial charge on any atom is 0.294 e. The minimum absolute atomic E-state index is 0.0615. The van der Waals surface area contributed by atoms with E-state index in [1.54, 1.807) is 18.2 Å². The molecule has 0 bridgehead atoms. The van der Waals surface area contributed by atoms with E-state index in [2.05, 4.69) is 5.32 Å². The second-order valence-corrected chi connectivity index (χ2v) is 8.75. The summed E-state index contributed by atoms with van der Waals surface area (Å²) in [6.45, 7) is -0.435. The van der Waals surface area contributed by atoms with Gasteiger partial charge in [0.1, 0.15) is 29.7 Å². The summed E-state index contributed by atoms with van der Waals surface area (Å²) in [6, 6.07) is 13.2. The third-order valence-electron chi connectivity index (χ3n) is 4.63. The minimum Gasteiger partial charge on any atom is -0.457 e. The molecule has 168 valence electrons. The van der Waals surface area contributed by atoms with Crippen LogP contribution in [0, 0.1) is 11.6 Å². The van der Waals surface area contributed by atoms with Gasteiger partial charge in [0.15, 0.2) is 0 Å². The van der Waals surface area contributed by atoms with E-state index in [4.69, 9.17) is 4.42 Å². The highest BCUT2D eigenvalue weighted by molar-refractivity contribution is 8.18. The lowest BCUT2D eigenvalue weighted by Gasteiger charge is -2.12. The first kappa shape index (κ1) is 22.8. The Hall–Kier alpha value is -3.37. The topological polar surface area (TPSA) is 79.6 Å². The number of imide groups is 1. The normalized spacial score (nSPS) is 14.9. The molecule has 1 aromatic heterocycles. The van der Waals surface area contributed by atoms with Gasteiger partial charge in [0.2, 0.25) is 5.91 Å². The SMILES string of the molecule is CSc1cccc(NC(=O)CN2C(=O)S/C(=C/c3ccc(-c4ccc(F)cc4F)o3)C2=O)c1. The summed E-state index contributed by atoms with van der Waals surface area (Å²) >= 11 is 2.19. The van der Waals surface area contributed by atoms with Gasteiger partial charge >= 0.3 is 0 Å². The number of furan rings is 1. The van der Waals surface area contributed by atoms with Crippen molar-refractivity contribution in [3.63, 3.8) is 0 Å². The molecule has 2 heterocycles. The smallest absolute Gasteiger partial charge is 0.294 e. The molecule has 1 fully saturated rings. The molecular formula is C23H16F2N2O4S2. The number of carbonyl (C=O) groups excluding carboxylic acids is 3. The predicted octanol–water partition coefficient (Wildman–Crippen LogP) is 5.62. The standard InChI is InChI=1S/C23H16F2N2O4S2/c1-32-16-4-2-3-14(10-16)26-21(28)12-27-22(29)20(33-23(27)30)11-15-6-8-19(31-15)17-7-5-13(24)9-18(17)25/h2-11H,12H2,1H3,(H,26,28)/b20-11+. The number of benzene rings is 2. The highest BCUT2D eigenvalue weighted by Gasteiger charge is 2.36. The van der Waals surface area contributed by atoms with Crippen LogP contribution in [0.25, 0.3) is 17.4 Å². The van der Waals surface area contributed by atoms with Gasteiger partial charge in [-0.1, -0.05) is 6.07 Å². The van der Waals surface area contributed by atoms with E-state index in [0.29, 0.717) is 17.4 Å². The van der Waals surface area contributed by atoms with Crippen LogP contribution in [-0.4, -0.2) is 34.8 Å². The fourth-order valence-electron chi connectivity index (χ4n) is 3.07. The quantitative estimate of drug-likeness (QED) is 0.360. The van der Waals surface area contributed by atoms with Gasteiger partial charge in [-0.15, -0.1) is 11.8 Å². The summed E-state index contributed by atoms with van der Waals surface area (Å²) in [5.74, 6) is -2.29. The van der Waals surface area contributed by atoms with Gasteiger partial charge in [-0.2, -0.15) is 0 Å². The lowest BCUT2D eigenvalue weighted by atomic mass is 10.1. The summed E-state index contributed by atoms with van der Waals surface area (Å²) in [5.41, 5.74) is 0.622. The highest BCUT2D eigenvalue weighted by atomic mass is 32.2. The Kier molecular flexibility index (Phi) is 6.66. The molecule has 0 saturated carbocycles. The van der Waals surface area contributed by atoms with Gasteiger partial charge in [0, 0.05) is 22.7 Å². The van der Waals surface area contributed by atoms with E-state index in [-0.39, 0.29) is 22.0 Å². The molecule has 0 atom stereocenters. The minimum atomic E-state index is -0.787. The second-order valence-electron chi connectivity index (χ2n) is 6.87. The van der Waals surface area contributed by atoms with Gasteiger partial charge in [0.05, 0.1) is 10.5 Å². The molecule has 1 aliphatic heterocycles. The summed E-state index contributed by atoms with van der Waals surface area (Å²) in [5, 5.41) is 2.08. The van der Waals surface area contributed by atoms with Crippen molar-refractivity contribution >= 4 is 52.3 Å². The Bertz CT molecular complexity index is 1290. The third-order valence-corrected chi connectivity index (χ3v) is 6.26. The molecule has 2 aromatic carbocycles. The molecule has 6 nitrogen and oxygen atoms in total. The van der Waals surface area contributed by atoms with Crippen LogP contribution in [-0.2, 0) is 9.59 Å². The maximum atomic E-state index is 14.0. The van der Waals surface area contributed by atoms with E-state index in [9.17, 15) is 23.2 Å². The third kappa shape index (κ3) is 5.18. The number of thioether (sulfide) groups is 2. The van der Waals surface area contributed by atoms with E-state index in [0.717, 1.165) is 21.9 Å². The zero-order chi connectivity index (χ0) is 23.5. The summed E-state index contributed by atoms with van der Waals surface area (Å²) in [6.07, 6.45) is 3.25. The van der Waals surface area contributed by atoms with Crippen LogP contribution in [0.2, 0.25) is 0 Å². The molecule has 33 heavy (non-hydrogen) atoms. The molecule has 3 aromatic rings. The first-order chi connectivity index (χ1) is 15.8. The van der Waals surface area contributed by atoms with Crippen LogP contribution in [0.1, 0.15) is 5.76 Å². The van der Waals surface area contributed by atoms with Gasteiger partial charge in [-0.3, -0.25) is 19.3 Å². The van der Waals surface area contributed by atoms with Crippen LogP contribution in [0.5, 0.6) is 0 Å². The van der Waals surface area contributed by atoms with Crippen LogP contribution in [0.4, 0.5) is 19.3 Å².